The zero-order valence-electron chi connectivity index (χ0n) is 16.8. The van der Waals surface area contributed by atoms with Crippen molar-refractivity contribution in [2.24, 2.45) is 0 Å². The molecule has 1 aromatic carbocycles. The smallest absolute Gasteiger partial charge is 0.279 e. The van der Waals surface area contributed by atoms with Crippen molar-refractivity contribution in [2.45, 2.75) is 44.9 Å². The molecule has 0 aliphatic carbocycles. The minimum Gasteiger partial charge on any atom is -0.357 e. The first-order valence-electron chi connectivity index (χ1n) is 9.30. The molecule has 8 heteroatoms. The van der Waals surface area contributed by atoms with Gasteiger partial charge in [0.05, 0.1) is 0 Å². The van der Waals surface area contributed by atoms with Crippen molar-refractivity contribution in [3.8, 4) is 0 Å². The molecule has 2 N–H and O–H groups in total. The topological polar surface area (TPSA) is 79.9 Å². The van der Waals surface area contributed by atoms with E-state index in [4.69, 9.17) is 9.57 Å². The summed E-state index contributed by atoms with van der Waals surface area (Å²) in [5.41, 5.74) is 2.58. The molecule has 28 heavy (non-hydrogen) atoms. The predicted octanol–water partition coefficient (Wildman–Crippen LogP) is 2.66. The number of carbonyl (C=O) groups is 2. The molecule has 1 aromatic rings. The molecule has 1 heterocycles. The first kappa shape index (κ1) is 22.6. The van der Waals surface area contributed by atoms with Crippen LogP contribution in [0.25, 0.3) is 5.70 Å². The number of halogens is 1. The van der Waals surface area contributed by atoms with Crippen molar-refractivity contribution in [1.29, 1.82) is 0 Å². The second-order valence-corrected chi connectivity index (χ2v) is 7.98. The largest absolute Gasteiger partial charge is 0.357 e. The Morgan fingerprint density at radius 2 is 1.96 bits per heavy atom. The molecule has 1 unspecified atom stereocenters. The Kier molecular flexibility index (Phi) is 8.26. The summed E-state index contributed by atoms with van der Waals surface area (Å²) in [5, 5.41) is 2.59. The maximum Gasteiger partial charge on any atom is 0.279 e. The number of hydrogen-bond acceptors (Lipinski definition) is 5. The number of carbonyl (C=O) groups excluding carboxylic acids is 2. The summed E-state index contributed by atoms with van der Waals surface area (Å²) in [6.45, 7) is 4.05. The van der Waals surface area contributed by atoms with E-state index in [0.29, 0.717) is 13.0 Å². The van der Waals surface area contributed by atoms with Crippen LogP contribution in [0, 0.1) is 3.57 Å². The molecule has 7 nitrogen and oxygen atoms in total. The number of nitrogens with zero attached hydrogens (tertiary/aromatic N) is 1. The predicted molar refractivity (Wildman–Crippen MR) is 116 cm³/mol. The summed E-state index contributed by atoms with van der Waals surface area (Å²) in [4.78, 5) is 32.9. The van der Waals surface area contributed by atoms with Crippen LogP contribution in [0.1, 0.15) is 38.7 Å². The Hall–Kier alpha value is -1.65. The van der Waals surface area contributed by atoms with Crippen LogP contribution in [0.4, 0.5) is 0 Å². The van der Waals surface area contributed by atoms with Gasteiger partial charge in [0.15, 0.2) is 11.8 Å². The fourth-order valence-corrected chi connectivity index (χ4v) is 3.45. The first-order chi connectivity index (χ1) is 13.3. The monoisotopic (exact) mass is 501 g/mol. The average Bonchev–Trinajstić information content (AvgIpc) is 2.73. The second-order valence-electron chi connectivity index (χ2n) is 6.74. The maximum absolute atomic E-state index is 13.0. The number of likely N-dealkylation sites (N-methyl/N-ethyl adjacent to an activating group) is 2. The van der Waals surface area contributed by atoms with Crippen LogP contribution in [-0.4, -0.2) is 49.2 Å². The molecule has 2 amide bonds. The Balaban J connectivity index is 2.24. The molecule has 0 spiro atoms. The Morgan fingerprint density at radius 3 is 2.50 bits per heavy atom. The van der Waals surface area contributed by atoms with E-state index < -0.39 is 23.6 Å². The molecule has 1 aliphatic heterocycles. The van der Waals surface area contributed by atoms with Gasteiger partial charge in [-0.25, -0.2) is 10.3 Å². The summed E-state index contributed by atoms with van der Waals surface area (Å²) in [7, 11) is 3.23. The van der Waals surface area contributed by atoms with Crippen LogP contribution in [0.15, 0.2) is 30.3 Å². The lowest BCUT2D eigenvalue weighted by atomic mass is 9.95. The normalized spacial score (nSPS) is 19.5. The molecule has 1 saturated heterocycles. The zero-order chi connectivity index (χ0) is 20.7. The molecule has 0 saturated carbocycles. The third-order valence-corrected chi connectivity index (χ3v) is 5.70. The van der Waals surface area contributed by atoms with Crippen LogP contribution >= 0.6 is 22.6 Å². The number of allylic oxidation sites excluding steroid dienone is 1. The Labute approximate surface area is 179 Å². The Bertz CT molecular complexity index is 717. The van der Waals surface area contributed by atoms with Crippen molar-refractivity contribution >= 4 is 40.1 Å². The van der Waals surface area contributed by atoms with Gasteiger partial charge >= 0.3 is 0 Å². The van der Waals surface area contributed by atoms with Crippen molar-refractivity contribution in [3.05, 3.63) is 39.5 Å². The van der Waals surface area contributed by atoms with Gasteiger partial charge in [-0.15, -0.1) is 0 Å². The number of hydrogen-bond donors (Lipinski definition) is 2. The van der Waals surface area contributed by atoms with E-state index in [1.807, 2.05) is 37.3 Å². The highest BCUT2D eigenvalue weighted by Crippen LogP contribution is 2.27. The highest BCUT2D eigenvalue weighted by molar-refractivity contribution is 14.1. The second kappa shape index (κ2) is 10.2. The van der Waals surface area contributed by atoms with Gasteiger partial charge in [-0.1, -0.05) is 18.2 Å². The first-order valence-corrected chi connectivity index (χ1v) is 10.4. The van der Waals surface area contributed by atoms with E-state index in [0.717, 1.165) is 27.7 Å². The summed E-state index contributed by atoms with van der Waals surface area (Å²) in [6.07, 6.45) is 4.04. The fraction of sp³-hybridized carbons (Fsp3) is 0.500. The SMILES string of the molecule is CC=C(c1ccc(I)cc1)N(C)[C@@](C)(C(=O)NC)C(=O)NOC1CCCCO1. The summed E-state index contributed by atoms with van der Waals surface area (Å²) in [6, 6.07) is 7.88. The molecule has 154 valence electrons. The van der Waals surface area contributed by atoms with Gasteiger partial charge in [0, 0.05) is 36.4 Å². The van der Waals surface area contributed by atoms with Crippen molar-refractivity contribution in [3.63, 3.8) is 0 Å². The van der Waals surface area contributed by atoms with Crippen LogP contribution in [0.2, 0.25) is 0 Å². The lowest BCUT2D eigenvalue weighted by Crippen LogP contribution is -2.63. The number of amides is 2. The highest BCUT2D eigenvalue weighted by Gasteiger charge is 2.46. The van der Waals surface area contributed by atoms with E-state index in [-0.39, 0.29) is 0 Å². The Morgan fingerprint density at radius 1 is 1.29 bits per heavy atom. The van der Waals surface area contributed by atoms with Crippen LogP contribution < -0.4 is 10.8 Å². The standard InChI is InChI=1S/C20H28IN3O4/c1-5-16(14-9-11-15(21)12-10-14)24(4)20(2,18(25)22-3)19(26)23-28-17-8-6-7-13-27-17/h5,9-12,17H,6-8,13H2,1-4H3,(H,22,25)(H,23,26)/t17?,20-/m0/s1. The molecular formula is C20H28IN3O4. The van der Waals surface area contributed by atoms with Gasteiger partial charge in [0.25, 0.3) is 11.8 Å². The quantitative estimate of drug-likeness (QED) is 0.341. The van der Waals surface area contributed by atoms with E-state index in [2.05, 4.69) is 33.4 Å². The highest BCUT2D eigenvalue weighted by atomic mass is 127. The average molecular weight is 501 g/mol. The molecule has 0 aromatic heterocycles. The van der Waals surface area contributed by atoms with Crippen molar-refractivity contribution in [1.82, 2.24) is 15.7 Å². The minimum atomic E-state index is -1.52. The lowest BCUT2D eigenvalue weighted by Gasteiger charge is -2.38. The van der Waals surface area contributed by atoms with Crippen molar-refractivity contribution in [2.75, 3.05) is 20.7 Å². The molecule has 0 bridgehead atoms. The van der Waals surface area contributed by atoms with Gasteiger partial charge < -0.3 is 15.0 Å². The van der Waals surface area contributed by atoms with E-state index >= 15 is 0 Å². The number of rotatable bonds is 7. The van der Waals surface area contributed by atoms with E-state index in [1.54, 1.807) is 18.9 Å². The third-order valence-electron chi connectivity index (χ3n) is 4.98. The van der Waals surface area contributed by atoms with E-state index in [1.165, 1.54) is 7.05 Å². The molecule has 1 fully saturated rings. The molecule has 2 rings (SSSR count). The summed E-state index contributed by atoms with van der Waals surface area (Å²) in [5.74, 6) is -1.00. The number of hydroxylamine groups is 1. The third kappa shape index (κ3) is 5.03. The van der Waals surface area contributed by atoms with E-state index in [9.17, 15) is 9.59 Å². The molecule has 2 atom stereocenters. The molecular weight excluding hydrogens is 473 g/mol. The lowest BCUT2D eigenvalue weighted by molar-refractivity contribution is -0.204. The van der Waals surface area contributed by atoms with Crippen molar-refractivity contribution < 1.29 is 19.2 Å². The van der Waals surface area contributed by atoms with Crippen LogP contribution in [-0.2, 0) is 19.2 Å². The molecule has 1 aliphatic rings. The number of nitrogens with one attached hydrogen (secondary N) is 2. The van der Waals surface area contributed by atoms with Gasteiger partial charge in [-0.05, 0) is 67.0 Å². The minimum absolute atomic E-state index is 0.439. The van der Waals surface area contributed by atoms with Crippen LogP contribution in [0.5, 0.6) is 0 Å². The van der Waals surface area contributed by atoms with Gasteiger partial charge in [-0.3, -0.25) is 9.59 Å². The van der Waals surface area contributed by atoms with Gasteiger partial charge in [-0.2, -0.15) is 0 Å². The van der Waals surface area contributed by atoms with Gasteiger partial charge in [0.1, 0.15) is 0 Å². The fourth-order valence-electron chi connectivity index (χ4n) is 3.09. The molecule has 0 radical (unpaired) electrons. The van der Waals surface area contributed by atoms with Gasteiger partial charge in [0.2, 0.25) is 0 Å². The number of benzene rings is 1. The van der Waals surface area contributed by atoms with Crippen LogP contribution in [0.3, 0.4) is 0 Å². The number of ether oxygens (including phenoxy) is 1. The summed E-state index contributed by atoms with van der Waals surface area (Å²) >= 11 is 2.24. The zero-order valence-corrected chi connectivity index (χ0v) is 18.9. The summed E-state index contributed by atoms with van der Waals surface area (Å²) < 4.78 is 6.58. The maximum atomic E-state index is 13.0.